The Bertz CT molecular complexity index is 143. The average Bonchev–Trinajstić information content (AvgIpc) is 1.84. The Morgan fingerprint density at radius 1 is 1.25 bits per heavy atom. The third-order valence-electron chi connectivity index (χ3n) is 3.91. The van der Waals surface area contributed by atoms with E-state index in [1.54, 1.807) is 0 Å². The molecule has 2 N–H and O–H groups in total. The lowest BCUT2D eigenvalue weighted by atomic mass is 9.54. The van der Waals surface area contributed by atoms with Crippen LogP contribution in [0.5, 0.6) is 0 Å². The highest BCUT2D eigenvalue weighted by atomic mass is 14.7. The molecule has 1 aliphatic carbocycles. The van der Waals surface area contributed by atoms with Crippen LogP contribution < -0.4 is 5.73 Å². The maximum absolute atomic E-state index is 5.83. The lowest BCUT2D eigenvalue weighted by molar-refractivity contribution is -0.00838. The summed E-state index contributed by atoms with van der Waals surface area (Å²) in [7, 11) is 0. The van der Waals surface area contributed by atoms with E-state index in [1.807, 2.05) is 0 Å². The lowest BCUT2D eigenvalue weighted by Crippen LogP contribution is -2.48. The molecule has 1 fully saturated rings. The fraction of sp³-hybridized carbons (Fsp3) is 1.00. The van der Waals surface area contributed by atoms with Crippen LogP contribution in [0.1, 0.15) is 40.5 Å². The van der Waals surface area contributed by atoms with E-state index in [2.05, 4.69) is 27.7 Å². The first-order chi connectivity index (χ1) is 5.52. The molecule has 0 heterocycles. The van der Waals surface area contributed by atoms with Crippen LogP contribution in [0.2, 0.25) is 0 Å². The zero-order chi connectivity index (χ0) is 9.35. The van der Waals surface area contributed by atoms with Gasteiger partial charge in [0.1, 0.15) is 0 Å². The summed E-state index contributed by atoms with van der Waals surface area (Å²) in [6, 6.07) is 0. The van der Waals surface area contributed by atoms with Gasteiger partial charge in [0.15, 0.2) is 0 Å². The van der Waals surface area contributed by atoms with Crippen LogP contribution in [0.25, 0.3) is 0 Å². The Balaban J connectivity index is 2.46. The van der Waals surface area contributed by atoms with Crippen LogP contribution in [-0.4, -0.2) is 6.54 Å². The summed E-state index contributed by atoms with van der Waals surface area (Å²) in [5.41, 5.74) is 6.33. The monoisotopic (exact) mass is 169 g/mol. The van der Waals surface area contributed by atoms with Crippen LogP contribution in [0.3, 0.4) is 0 Å². The van der Waals surface area contributed by atoms with Crippen molar-refractivity contribution >= 4 is 0 Å². The van der Waals surface area contributed by atoms with Crippen LogP contribution >= 0.6 is 0 Å². The van der Waals surface area contributed by atoms with Gasteiger partial charge in [0, 0.05) is 0 Å². The summed E-state index contributed by atoms with van der Waals surface area (Å²) in [4.78, 5) is 0. The molecule has 1 nitrogen and oxygen atoms in total. The van der Waals surface area contributed by atoms with E-state index in [9.17, 15) is 0 Å². The molecule has 12 heavy (non-hydrogen) atoms. The Morgan fingerprint density at radius 3 is 2.00 bits per heavy atom. The molecule has 1 aliphatic rings. The highest BCUT2D eigenvalue weighted by molar-refractivity contribution is 4.97. The van der Waals surface area contributed by atoms with Gasteiger partial charge in [-0.2, -0.15) is 0 Å². The highest BCUT2D eigenvalue weighted by Crippen LogP contribution is 2.52. The zero-order valence-corrected chi connectivity index (χ0v) is 8.93. The first kappa shape index (κ1) is 10.0. The van der Waals surface area contributed by atoms with Crippen molar-refractivity contribution in [1.82, 2.24) is 0 Å². The van der Waals surface area contributed by atoms with Crippen LogP contribution in [0.15, 0.2) is 0 Å². The Morgan fingerprint density at radius 2 is 1.75 bits per heavy atom. The molecule has 0 radical (unpaired) electrons. The summed E-state index contributed by atoms with van der Waals surface area (Å²) >= 11 is 0. The predicted molar refractivity (Wildman–Crippen MR) is 53.9 cm³/mol. The number of hydrogen-bond acceptors (Lipinski definition) is 1. The standard InChI is InChI=1S/C11H23N/c1-8(2)10-5-11(6-10,7-12)9(3)4/h8-10H,5-7,12H2,1-4H3. The van der Waals surface area contributed by atoms with Crippen LogP contribution in [-0.2, 0) is 0 Å². The molecule has 1 saturated carbocycles. The van der Waals surface area contributed by atoms with Gasteiger partial charge >= 0.3 is 0 Å². The highest BCUT2D eigenvalue weighted by Gasteiger charge is 2.45. The molecule has 1 rings (SSSR count). The maximum atomic E-state index is 5.83. The first-order valence-corrected chi connectivity index (χ1v) is 5.22. The Kier molecular flexibility index (Phi) is 2.82. The molecule has 0 bridgehead atoms. The number of rotatable bonds is 3. The minimum absolute atomic E-state index is 0.495. The van der Waals surface area contributed by atoms with Crippen molar-refractivity contribution < 1.29 is 0 Å². The van der Waals surface area contributed by atoms with E-state index in [4.69, 9.17) is 5.73 Å². The summed E-state index contributed by atoms with van der Waals surface area (Å²) in [6.45, 7) is 10.2. The Hall–Kier alpha value is -0.0400. The SMILES string of the molecule is CC(C)C1CC(CN)(C(C)C)C1. The smallest absolute Gasteiger partial charge is 0.00179 e. The molecule has 0 saturated heterocycles. The second-order valence-corrected chi connectivity index (χ2v) is 5.13. The predicted octanol–water partition coefficient (Wildman–Crippen LogP) is 2.65. The second kappa shape index (κ2) is 3.37. The third-order valence-corrected chi connectivity index (χ3v) is 3.91. The van der Waals surface area contributed by atoms with Gasteiger partial charge < -0.3 is 5.73 Å². The molecular formula is C11H23N. The number of hydrogen-bond donors (Lipinski definition) is 1. The Labute approximate surface area is 76.7 Å². The molecule has 0 amide bonds. The van der Waals surface area contributed by atoms with Crippen molar-refractivity contribution in [3.8, 4) is 0 Å². The molecule has 0 aromatic carbocycles. The lowest BCUT2D eigenvalue weighted by Gasteiger charge is -2.52. The van der Waals surface area contributed by atoms with Crippen molar-refractivity contribution in [1.29, 1.82) is 0 Å². The maximum Gasteiger partial charge on any atom is -0.00179 e. The van der Waals surface area contributed by atoms with Gasteiger partial charge in [0.05, 0.1) is 0 Å². The average molecular weight is 169 g/mol. The van der Waals surface area contributed by atoms with Gasteiger partial charge in [0.2, 0.25) is 0 Å². The second-order valence-electron chi connectivity index (χ2n) is 5.13. The summed E-state index contributed by atoms with van der Waals surface area (Å²) in [5, 5.41) is 0. The van der Waals surface area contributed by atoms with E-state index in [1.165, 1.54) is 12.8 Å². The quantitative estimate of drug-likeness (QED) is 0.690. The molecule has 72 valence electrons. The van der Waals surface area contributed by atoms with Crippen LogP contribution in [0, 0.1) is 23.2 Å². The topological polar surface area (TPSA) is 26.0 Å². The summed E-state index contributed by atoms with van der Waals surface area (Å²) in [6.07, 6.45) is 2.72. The van der Waals surface area contributed by atoms with Gasteiger partial charge in [0.25, 0.3) is 0 Å². The molecule has 0 aromatic rings. The normalized spacial score (nSPS) is 35.8. The van der Waals surface area contributed by atoms with Crippen molar-refractivity contribution in [3.63, 3.8) is 0 Å². The van der Waals surface area contributed by atoms with E-state index < -0.39 is 0 Å². The van der Waals surface area contributed by atoms with Gasteiger partial charge in [-0.3, -0.25) is 0 Å². The zero-order valence-electron chi connectivity index (χ0n) is 8.93. The minimum Gasteiger partial charge on any atom is -0.330 e. The van der Waals surface area contributed by atoms with Gasteiger partial charge in [-0.15, -0.1) is 0 Å². The largest absolute Gasteiger partial charge is 0.330 e. The van der Waals surface area contributed by atoms with Gasteiger partial charge in [-0.25, -0.2) is 0 Å². The van der Waals surface area contributed by atoms with Crippen molar-refractivity contribution in [2.75, 3.05) is 6.54 Å². The fourth-order valence-electron chi connectivity index (χ4n) is 2.33. The first-order valence-electron chi connectivity index (χ1n) is 5.22. The molecule has 0 aromatic heterocycles. The van der Waals surface area contributed by atoms with E-state index in [0.29, 0.717) is 5.41 Å². The molecule has 0 unspecified atom stereocenters. The van der Waals surface area contributed by atoms with E-state index in [-0.39, 0.29) is 0 Å². The third kappa shape index (κ3) is 1.52. The van der Waals surface area contributed by atoms with E-state index >= 15 is 0 Å². The summed E-state index contributed by atoms with van der Waals surface area (Å²) < 4.78 is 0. The van der Waals surface area contributed by atoms with Crippen molar-refractivity contribution in [2.24, 2.45) is 28.9 Å². The molecule has 0 spiro atoms. The molecule has 1 heteroatoms. The molecular weight excluding hydrogens is 146 g/mol. The summed E-state index contributed by atoms with van der Waals surface area (Å²) in [5.74, 6) is 2.55. The van der Waals surface area contributed by atoms with Gasteiger partial charge in [-0.1, -0.05) is 27.7 Å². The molecule has 0 aliphatic heterocycles. The van der Waals surface area contributed by atoms with Gasteiger partial charge in [-0.05, 0) is 42.6 Å². The number of nitrogens with two attached hydrogens (primary N) is 1. The van der Waals surface area contributed by atoms with Crippen molar-refractivity contribution in [2.45, 2.75) is 40.5 Å². The van der Waals surface area contributed by atoms with E-state index in [0.717, 1.165) is 24.3 Å². The minimum atomic E-state index is 0.495. The van der Waals surface area contributed by atoms with Crippen molar-refractivity contribution in [3.05, 3.63) is 0 Å². The molecule has 0 atom stereocenters. The fourth-order valence-corrected chi connectivity index (χ4v) is 2.33. The van der Waals surface area contributed by atoms with Crippen LogP contribution in [0.4, 0.5) is 0 Å².